The second-order valence-electron chi connectivity index (χ2n) is 9.02. The molecule has 0 fully saturated rings. The van der Waals surface area contributed by atoms with Gasteiger partial charge in [0.15, 0.2) is 0 Å². The smallest absolute Gasteiger partial charge is 0.278 e. The molecule has 33 heavy (non-hydrogen) atoms. The van der Waals surface area contributed by atoms with E-state index in [4.69, 9.17) is 9.47 Å². The molecule has 1 aliphatic heterocycles. The van der Waals surface area contributed by atoms with Gasteiger partial charge in [-0.3, -0.25) is 14.5 Å². The molecule has 2 aromatic rings. The van der Waals surface area contributed by atoms with Gasteiger partial charge in [0.05, 0.1) is 30.9 Å². The number of carbonyl (C=O) groups excluding carboxylic acids is 2. The fraction of sp³-hybridized carbons (Fsp3) is 0.407. The molecule has 1 N–H and O–H groups in total. The van der Waals surface area contributed by atoms with Crippen LogP contribution in [-0.4, -0.2) is 42.1 Å². The molecule has 0 radical (unpaired) electrons. The van der Waals surface area contributed by atoms with Crippen molar-refractivity contribution in [1.29, 1.82) is 0 Å². The highest BCUT2D eigenvalue weighted by Gasteiger charge is 2.39. The van der Waals surface area contributed by atoms with E-state index in [1.54, 1.807) is 0 Å². The topological polar surface area (TPSA) is 67.9 Å². The SMILES string of the molecule is CC(C)OCCN1C(=O)C(Nc2ccc(C(C)C)cc2)=C(c2ccc(OC(C)C)cc2)C1=O. The Balaban J connectivity index is 1.93. The lowest BCUT2D eigenvalue weighted by Gasteiger charge is -2.16. The maximum Gasteiger partial charge on any atom is 0.278 e. The van der Waals surface area contributed by atoms with Crippen LogP contribution in [0.4, 0.5) is 5.69 Å². The third kappa shape index (κ3) is 6.02. The molecule has 3 rings (SSSR count). The number of imide groups is 1. The first-order valence-corrected chi connectivity index (χ1v) is 11.5. The van der Waals surface area contributed by atoms with Gasteiger partial charge >= 0.3 is 0 Å². The molecule has 0 spiro atoms. The summed E-state index contributed by atoms with van der Waals surface area (Å²) in [4.78, 5) is 27.8. The maximum atomic E-state index is 13.3. The minimum absolute atomic E-state index is 0.0239. The largest absolute Gasteiger partial charge is 0.491 e. The van der Waals surface area contributed by atoms with E-state index >= 15 is 0 Å². The fourth-order valence-electron chi connectivity index (χ4n) is 3.61. The Hall–Kier alpha value is -3.12. The molecule has 6 heteroatoms. The number of amides is 2. The maximum absolute atomic E-state index is 13.3. The Morgan fingerprint density at radius 2 is 1.45 bits per heavy atom. The highest BCUT2D eigenvalue weighted by Crippen LogP contribution is 2.32. The molecule has 6 nitrogen and oxygen atoms in total. The van der Waals surface area contributed by atoms with Crippen LogP contribution >= 0.6 is 0 Å². The number of hydrogen-bond acceptors (Lipinski definition) is 5. The van der Waals surface area contributed by atoms with Crippen LogP contribution in [0.25, 0.3) is 5.57 Å². The van der Waals surface area contributed by atoms with Gasteiger partial charge in [-0.2, -0.15) is 0 Å². The monoisotopic (exact) mass is 450 g/mol. The van der Waals surface area contributed by atoms with Gasteiger partial charge in [0.2, 0.25) is 0 Å². The average molecular weight is 451 g/mol. The second-order valence-corrected chi connectivity index (χ2v) is 9.02. The third-order valence-electron chi connectivity index (χ3n) is 5.30. The summed E-state index contributed by atoms with van der Waals surface area (Å²) in [5.41, 5.74) is 3.26. The number of nitrogens with one attached hydrogen (secondary N) is 1. The molecule has 176 valence electrons. The summed E-state index contributed by atoms with van der Waals surface area (Å²) in [5, 5.41) is 3.21. The highest BCUT2D eigenvalue weighted by molar-refractivity contribution is 6.36. The standard InChI is InChI=1S/C27H34N2O4/c1-17(2)20-7-11-22(12-8-20)28-25-24(21-9-13-23(14-10-21)33-19(5)6)26(30)29(27(25)31)15-16-32-18(3)4/h7-14,17-19,28H,15-16H2,1-6H3. The lowest BCUT2D eigenvalue weighted by atomic mass is 10.0. The van der Waals surface area contributed by atoms with Gasteiger partial charge in [0.1, 0.15) is 11.4 Å². The Morgan fingerprint density at radius 3 is 2.00 bits per heavy atom. The summed E-state index contributed by atoms with van der Waals surface area (Å²) in [5.74, 6) is 0.447. The summed E-state index contributed by atoms with van der Waals surface area (Å²) in [7, 11) is 0. The Bertz CT molecular complexity index is 1010. The van der Waals surface area contributed by atoms with Crippen molar-refractivity contribution in [3.05, 3.63) is 65.4 Å². The van der Waals surface area contributed by atoms with Crippen LogP contribution in [-0.2, 0) is 14.3 Å². The molecule has 1 heterocycles. The summed E-state index contributed by atoms with van der Waals surface area (Å²) >= 11 is 0. The number of hydrogen-bond donors (Lipinski definition) is 1. The molecule has 2 amide bonds. The van der Waals surface area contributed by atoms with E-state index in [0.29, 0.717) is 29.4 Å². The van der Waals surface area contributed by atoms with Gasteiger partial charge in [-0.15, -0.1) is 0 Å². The van der Waals surface area contributed by atoms with E-state index < -0.39 is 0 Å². The fourth-order valence-corrected chi connectivity index (χ4v) is 3.61. The van der Waals surface area contributed by atoms with E-state index in [9.17, 15) is 9.59 Å². The number of benzene rings is 2. The quantitative estimate of drug-likeness (QED) is 0.503. The molecule has 0 aliphatic carbocycles. The van der Waals surface area contributed by atoms with E-state index in [1.165, 1.54) is 10.5 Å². The first-order chi connectivity index (χ1) is 15.7. The molecule has 0 saturated carbocycles. The van der Waals surface area contributed by atoms with Gasteiger partial charge in [0, 0.05) is 5.69 Å². The van der Waals surface area contributed by atoms with Crippen LogP contribution < -0.4 is 10.1 Å². The predicted molar refractivity (Wildman–Crippen MR) is 131 cm³/mol. The predicted octanol–water partition coefficient (Wildman–Crippen LogP) is 5.21. The highest BCUT2D eigenvalue weighted by atomic mass is 16.5. The molecule has 1 aliphatic rings. The van der Waals surface area contributed by atoms with Crippen LogP contribution in [0.15, 0.2) is 54.2 Å². The van der Waals surface area contributed by atoms with Gasteiger partial charge in [0.25, 0.3) is 11.8 Å². The molecule has 2 aromatic carbocycles. The molecular formula is C27H34N2O4. The van der Waals surface area contributed by atoms with Crippen molar-refractivity contribution in [2.45, 2.75) is 59.7 Å². The zero-order chi connectivity index (χ0) is 24.1. The number of nitrogens with zero attached hydrogens (tertiary/aromatic N) is 1. The summed E-state index contributed by atoms with van der Waals surface area (Å²) < 4.78 is 11.3. The summed E-state index contributed by atoms with van der Waals surface area (Å²) in [6.07, 6.45) is 0.0723. The van der Waals surface area contributed by atoms with E-state index in [1.807, 2.05) is 76.2 Å². The molecule has 0 atom stereocenters. The van der Waals surface area contributed by atoms with Crippen molar-refractivity contribution < 1.29 is 19.1 Å². The Kier molecular flexibility index (Phi) is 7.92. The molecular weight excluding hydrogens is 416 g/mol. The lowest BCUT2D eigenvalue weighted by molar-refractivity contribution is -0.137. The number of carbonyl (C=O) groups is 2. The molecule has 0 saturated heterocycles. The second kappa shape index (κ2) is 10.7. The van der Waals surface area contributed by atoms with Crippen molar-refractivity contribution in [2.75, 3.05) is 18.5 Å². The Morgan fingerprint density at radius 1 is 0.818 bits per heavy atom. The summed E-state index contributed by atoms with van der Waals surface area (Å²) in [6.45, 7) is 12.5. The molecule has 0 bridgehead atoms. The van der Waals surface area contributed by atoms with Gasteiger partial charge < -0.3 is 14.8 Å². The first kappa shape index (κ1) is 24.5. The minimum Gasteiger partial charge on any atom is -0.491 e. The van der Waals surface area contributed by atoms with Crippen molar-refractivity contribution in [1.82, 2.24) is 4.90 Å². The van der Waals surface area contributed by atoms with E-state index in [2.05, 4.69) is 19.2 Å². The normalized spacial score (nSPS) is 14.3. The number of rotatable bonds is 10. The minimum atomic E-state index is -0.349. The van der Waals surface area contributed by atoms with Gasteiger partial charge in [-0.1, -0.05) is 38.1 Å². The van der Waals surface area contributed by atoms with Gasteiger partial charge in [-0.25, -0.2) is 0 Å². The Labute approximate surface area is 196 Å². The van der Waals surface area contributed by atoms with Gasteiger partial charge in [-0.05, 0) is 69.0 Å². The van der Waals surface area contributed by atoms with Crippen molar-refractivity contribution in [2.24, 2.45) is 0 Å². The van der Waals surface area contributed by atoms with Crippen LogP contribution in [0, 0.1) is 0 Å². The third-order valence-corrected chi connectivity index (χ3v) is 5.30. The molecule has 0 aromatic heterocycles. The van der Waals surface area contributed by atoms with Crippen LogP contribution in [0.1, 0.15) is 58.6 Å². The van der Waals surface area contributed by atoms with Crippen molar-refractivity contribution in [3.8, 4) is 5.75 Å². The van der Waals surface area contributed by atoms with Crippen LogP contribution in [0.2, 0.25) is 0 Å². The lowest BCUT2D eigenvalue weighted by Crippen LogP contribution is -2.35. The number of anilines is 1. The first-order valence-electron chi connectivity index (χ1n) is 11.5. The van der Waals surface area contributed by atoms with Crippen LogP contribution in [0.3, 0.4) is 0 Å². The summed E-state index contributed by atoms with van der Waals surface area (Å²) in [6, 6.07) is 15.2. The zero-order valence-electron chi connectivity index (χ0n) is 20.3. The average Bonchev–Trinajstić information content (AvgIpc) is 2.98. The van der Waals surface area contributed by atoms with Crippen LogP contribution in [0.5, 0.6) is 5.75 Å². The van der Waals surface area contributed by atoms with E-state index in [-0.39, 0.29) is 36.3 Å². The van der Waals surface area contributed by atoms with Crippen molar-refractivity contribution >= 4 is 23.1 Å². The van der Waals surface area contributed by atoms with E-state index in [0.717, 1.165) is 5.69 Å². The molecule has 0 unspecified atom stereocenters. The van der Waals surface area contributed by atoms with Crippen molar-refractivity contribution in [3.63, 3.8) is 0 Å². The zero-order valence-corrected chi connectivity index (χ0v) is 20.3. The number of ether oxygens (including phenoxy) is 2.